The van der Waals surface area contributed by atoms with Crippen LogP contribution in [-0.2, 0) is 9.53 Å². The summed E-state index contributed by atoms with van der Waals surface area (Å²) in [4.78, 5) is 24.6. The van der Waals surface area contributed by atoms with Crippen molar-refractivity contribution in [2.24, 2.45) is 0 Å². The molecular formula is C12H22N2O4. The molecule has 1 aliphatic heterocycles. The molecule has 0 aliphatic carbocycles. The zero-order chi connectivity index (χ0) is 13.8. The fraction of sp³-hybridized carbons (Fsp3) is 0.833. The van der Waals surface area contributed by atoms with Gasteiger partial charge in [-0.1, -0.05) is 0 Å². The van der Waals surface area contributed by atoms with Crippen molar-refractivity contribution in [3.63, 3.8) is 0 Å². The smallest absolute Gasteiger partial charge is 0.407 e. The normalized spacial score (nSPS) is 17.4. The Hall–Kier alpha value is -1.30. The van der Waals surface area contributed by atoms with E-state index in [9.17, 15) is 14.7 Å². The van der Waals surface area contributed by atoms with Gasteiger partial charge in [0.05, 0.1) is 19.1 Å². The maximum Gasteiger partial charge on any atom is 0.407 e. The molecule has 2 amide bonds. The molecule has 1 rings (SSSR count). The number of hydrogen-bond donors (Lipinski definition) is 2. The fourth-order valence-electron chi connectivity index (χ4n) is 1.98. The number of piperidine rings is 1. The van der Waals surface area contributed by atoms with E-state index in [2.05, 4.69) is 10.1 Å². The van der Waals surface area contributed by atoms with Crippen molar-refractivity contribution in [2.75, 3.05) is 20.2 Å². The van der Waals surface area contributed by atoms with Crippen LogP contribution in [0, 0.1) is 0 Å². The van der Waals surface area contributed by atoms with Gasteiger partial charge in [0, 0.05) is 19.1 Å². The lowest BCUT2D eigenvalue weighted by Gasteiger charge is -2.33. The number of alkyl carbamates (subject to hydrolysis) is 1. The Kier molecular flexibility index (Phi) is 4.95. The SMILES string of the molecule is COC(=O)NC1CCN(C(=O)CC(C)(C)O)CC1. The number of carbonyl (C=O) groups excluding carboxylic acids is 2. The molecule has 6 heteroatoms. The molecule has 2 N–H and O–H groups in total. The van der Waals surface area contributed by atoms with Gasteiger partial charge in [0.25, 0.3) is 0 Å². The standard InChI is InChI=1S/C12H22N2O4/c1-12(2,17)8-10(15)14-6-4-9(5-7-14)13-11(16)18-3/h9,17H,4-8H2,1-3H3,(H,13,16). The highest BCUT2D eigenvalue weighted by atomic mass is 16.5. The summed E-state index contributed by atoms with van der Waals surface area (Å²) in [7, 11) is 1.33. The third-order valence-electron chi connectivity index (χ3n) is 2.94. The number of methoxy groups -OCH3 is 1. The Bertz CT molecular complexity index is 304. The van der Waals surface area contributed by atoms with Crippen molar-refractivity contribution >= 4 is 12.0 Å². The molecular weight excluding hydrogens is 236 g/mol. The highest BCUT2D eigenvalue weighted by Crippen LogP contribution is 2.15. The van der Waals surface area contributed by atoms with Crippen LogP contribution in [0.5, 0.6) is 0 Å². The molecule has 0 radical (unpaired) electrons. The highest BCUT2D eigenvalue weighted by molar-refractivity contribution is 5.77. The molecule has 1 saturated heterocycles. The Balaban J connectivity index is 2.35. The van der Waals surface area contributed by atoms with Gasteiger partial charge in [-0.3, -0.25) is 4.79 Å². The minimum absolute atomic E-state index is 0.0426. The maximum atomic E-state index is 11.9. The lowest BCUT2D eigenvalue weighted by molar-refractivity contribution is -0.136. The number of aliphatic hydroxyl groups is 1. The number of nitrogens with zero attached hydrogens (tertiary/aromatic N) is 1. The quantitative estimate of drug-likeness (QED) is 0.772. The Morgan fingerprint density at radius 2 is 1.94 bits per heavy atom. The van der Waals surface area contributed by atoms with Gasteiger partial charge in [-0.25, -0.2) is 4.79 Å². The Morgan fingerprint density at radius 3 is 2.39 bits per heavy atom. The summed E-state index contributed by atoms with van der Waals surface area (Å²) >= 11 is 0. The summed E-state index contributed by atoms with van der Waals surface area (Å²) in [6.07, 6.45) is 1.12. The maximum absolute atomic E-state index is 11.9. The molecule has 1 heterocycles. The minimum Gasteiger partial charge on any atom is -0.453 e. The van der Waals surface area contributed by atoms with Gasteiger partial charge < -0.3 is 20.1 Å². The van der Waals surface area contributed by atoms with Crippen molar-refractivity contribution in [2.45, 2.75) is 44.8 Å². The molecule has 0 bridgehead atoms. The Morgan fingerprint density at radius 1 is 1.39 bits per heavy atom. The summed E-state index contributed by atoms with van der Waals surface area (Å²) < 4.78 is 4.53. The van der Waals surface area contributed by atoms with Crippen molar-refractivity contribution in [1.29, 1.82) is 0 Å². The van der Waals surface area contributed by atoms with E-state index in [1.54, 1.807) is 18.7 Å². The van der Waals surface area contributed by atoms with Crippen molar-refractivity contribution in [3.05, 3.63) is 0 Å². The molecule has 18 heavy (non-hydrogen) atoms. The van der Waals surface area contributed by atoms with Crippen LogP contribution in [0.4, 0.5) is 4.79 Å². The second-order valence-corrected chi connectivity index (χ2v) is 5.28. The van der Waals surface area contributed by atoms with Crippen LogP contribution in [0.1, 0.15) is 33.1 Å². The average molecular weight is 258 g/mol. The first-order valence-electron chi connectivity index (χ1n) is 6.16. The molecule has 1 fully saturated rings. The second kappa shape index (κ2) is 6.04. The monoisotopic (exact) mass is 258 g/mol. The molecule has 6 nitrogen and oxygen atoms in total. The minimum atomic E-state index is -0.974. The van der Waals surface area contributed by atoms with E-state index >= 15 is 0 Å². The molecule has 0 aromatic rings. The van der Waals surface area contributed by atoms with Gasteiger partial charge in [-0.05, 0) is 26.7 Å². The molecule has 1 aliphatic rings. The number of ether oxygens (including phenoxy) is 1. The van der Waals surface area contributed by atoms with E-state index in [0.717, 1.165) is 0 Å². The zero-order valence-corrected chi connectivity index (χ0v) is 11.2. The van der Waals surface area contributed by atoms with Gasteiger partial charge in [-0.15, -0.1) is 0 Å². The first-order valence-corrected chi connectivity index (χ1v) is 6.16. The van der Waals surface area contributed by atoms with Gasteiger partial charge >= 0.3 is 6.09 Å². The van der Waals surface area contributed by atoms with Crippen LogP contribution in [-0.4, -0.2) is 53.8 Å². The van der Waals surface area contributed by atoms with Crippen LogP contribution in [0.3, 0.4) is 0 Å². The van der Waals surface area contributed by atoms with Crippen LogP contribution >= 0.6 is 0 Å². The number of nitrogens with one attached hydrogen (secondary N) is 1. The number of rotatable bonds is 3. The molecule has 0 saturated carbocycles. The van der Waals surface area contributed by atoms with Crippen LogP contribution in [0.15, 0.2) is 0 Å². The summed E-state index contributed by atoms with van der Waals surface area (Å²) in [5.41, 5.74) is -0.974. The first kappa shape index (κ1) is 14.8. The molecule has 0 aromatic heterocycles. The summed E-state index contributed by atoms with van der Waals surface area (Å²) in [6, 6.07) is 0.0589. The van der Waals surface area contributed by atoms with Crippen molar-refractivity contribution in [1.82, 2.24) is 10.2 Å². The first-order chi connectivity index (χ1) is 8.31. The Labute approximate surface area is 107 Å². The van der Waals surface area contributed by atoms with E-state index in [0.29, 0.717) is 25.9 Å². The predicted octanol–water partition coefficient (Wildman–Crippen LogP) is 0.494. The van der Waals surface area contributed by atoms with E-state index in [1.807, 2.05) is 0 Å². The molecule has 104 valence electrons. The average Bonchev–Trinajstić information content (AvgIpc) is 2.27. The number of likely N-dealkylation sites (tertiary alicyclic amines) is 1. The van der Waals surface area contributed by atoms with E-state index in [-0.39, 0.29) is 18.4 Å². The summed E-state index contributed by atoms with van der Waals surface area (Å²) in [5.74, 6) is -0.0426. The topological polar surface area (TPSA) is 78.9 Å². The fourth-order valence-corrected chi connectivity index (χ4v) is 1.98. The second-order valence-electron chi connectivity index (χ2n) is 5.28. The number of hydrogen-bond acceptors (Lipinski definition) is 4. The lowest BCUT2D eigenvalue weighted by Crippen LogP contribution is -2.47. The van der Waals surface area contributed by atoms with Crippen LogP contribution in [0.2, 0.25) is 0 Å². The number of amides is 2. The van der Waals surface area contributed by atoms with Gasteiger partial charge in [0.1, 0.15) is 0 Å². The van der Waals surface area contributed by atoms with Crippen molar-refractivity contribution in [3.8, 4) is 0 Å². The van der Waals surface area contributed by atoms with E-state index in [4.69, 9.17) is 0 Å². The number of carbonyl (C=O) groups is 2. The lowest BCUT2D eigenvalue weighted by atomic mass is 10.0. The third-order valence-corrected chi connectivity index (χ3v) is 2.94. The van der Waals surface area contributed by atoms with Gasteiger partial charge in [0.15, 0.2) is 0 Å². The van der Waals surface area contributed by atoms with E-state index in [1.165, 1.54) is 7.11 Å². The third kappa shape index (κ3) is 4.91. The predicted molar refractivity (Wildman–Crippen MR) is 66.1 cm³/mol. The summed E-state index contributed by atoms with van der Waals surface area (Å²) in [6.45, 7) is 4.44. The molecule has 0 unspecified atom stereocenters. The molecule has 0 atom stereocenters. The van der Waals surface area contributed by atoms with Gasteiger partial charge in [0.2, 0.25) is 5.91 Å². The van der Waals surface area contributed by atoms with Crippen LogP contribution < -0.4 is 5.32 Å². The van der Waals surface area contributed by atoms with Crippen molar-refractivity contribution < 1.29 is 19.4 Å². The van der Waals surface area contributed by atoms with Gasteiger partial charge in [-0.2, -0.15) is 0 Å². The largest absolute Gasteiger partial charge is 0.453 e. The van der Waals surface area contributed by atoms with E-state index < -0.39 is 11.7 Å². The summed E-state index contributed by atoms with van der Waals surface area (Å²) in [5, 5.41) is 12.3. The highest BCUT2D eigenvalue weighted by Gasteiger charge is 2.27. The molecule has 0 spiro atoms. The van der Waals surface area contributed by atoms with Crippen LogP contribution in [0.25, 0.3) is 0 Å². The zero-order valence-electron chi connectivity index (χ0n) is 11.2. The molecule has 0 aromatic carbocycles.